The first kappa shape index (κ1) is 18.3. The molecule has 1 fully saturated rings. The predicted octanol–water partition coefficient (Wildman–Crippen LogP) is 1.80. The summed E-state index contributed by atoms with van der Waals surface area (Å²) in [4.78, 5) is 18.8. The van der Waals surface area contributed by atoms with Gasteiger partial charge in [0.2, 0.25) is 0 Å². The number of morpholine rings is 1. The van der Waals surface area contributed by atoms with Crippen LogP contribution in [-0.2, 0) is 9.53 Å². The molecule has 1 N–H and O–H groups in total. The van der Waals surface area contributed by atoms with Gasteiger partial charge in [-0.25, -0.2) is 4.99 Å². The van der Waals surface area contributed by atoms with Crippen molar-refractivity contribution in [2.24, 2.45) is 4.99 Å². The molecular formula is C19H19ClN4O2. The van der Waals surface area contributed by atoms with Gasteiger partial charge in [0, 0.05) is 43.4 Å². The minimum atomic E-state index is -0.244. The summed E-state index contributed by atoms with van der Waals surface area (Å²) in [7, 11) is 0. The van der Waals surface area contributed by atoms with Gasteiger partial charge in [-0.3, -0.25) is 9.69 Å². The third-order valence-electron chi connectivity index (χ3n) is 4.63. The van der Waals surface area contributed by atoms with Crippen molar-refractivity contribution in [1.82, 2.24) is 10.2 Å². The summed E-state index contributed by atoms with van der Waals surface area (Å²) in [6, 6.07) is 2.14. The van der Waals surface area contributed by atoms with Crippen LogP contribution in [0.5, 0.6) is 0 Å². The van der Waals surface area contributed by atoms with Gasteiger partial charge in [-0.15, -0.1) is 12.4 Å². The second kappa shape index (κ2) is 7.83. The fourth-order valence-corrected chi connectivity index (χ4v) is 3.30. The molecule has 0 aromatic carbocycles. The molecule has 26 heavy (non-hydrogen) atoms. The van der Waals surface area contributed by atoms with Crippen molar-refractivity contribution in [3.8, 4) is 6.07 Å². The molecule has 3 heterocycles. The van der Waals surface area contributed by atoms with Crippen LogP contribution in [-0.4, -0.2) is 49.4 Å². The van der Waals surface area contributed by atoms with E-state index in [9.17, 15) is 4.79 Å². The Morgan fingerprint density at radius 2 is 2.12 bits per heavy atom. The number of allylic oxidation sites excluding steroid dienone is 4. The van der Waals surface area contributed by atoms with Gasteiger partial charge in [0.1, 0.15) is 0 Å². The van der Waals surface area contributed by atoms with E-state index in [1.165, 1.54) is 0 Å². The Morgan fingerprint density at radius 3 is 2.81 bits per heavy atom. The summed E-state index contributed by atoms with van der Waals surface area (Å²) in [6.45, 7) is 4.28. The molecule has 4 aliphatic rings. The van der Waals surface area contributed by atoms with E-state index in [0.29, 0.717) is 17.6 Å². The minimum Gasteiger partial charge on any atom is -0.379 e. The number of rotatable bonds is 2. The molecule has 134 valence electrons. The molecule has 0 unspecified atom stereocenters. The van der Waals surface area contributed by atoms with Gasteiger partial charge in [-0.1, -0.05) is 12.2 Å². The van der Waals surface area contributed by atoms with Crippen molar-refractivity contribution in [2.45, 2.75) is 6.42 Å². The zero-order valence-corrected chi connectivity index (χ0v) is 15.0. The molecule has 0 spiro atoms. The normalized spacial score (nSPS) is 25.1. The number of hydrogen-bond acceptors (Lipinski definition) is 5. The molecule has 0 atom stereocenters. The van der Waals surface area contributed by atoms with Crippen LogP contribution < -0.4 is 5.32 Å². The van der Waals surface area contributed by atoms with E-state index in [2.05, 4.69) is 21.3 Å². The number of nitriles is 1. The zero-order valence-electron chi connectivity index (χ0n) is 14.2. The van der Waals surface area contributed by atoms with E-state index in [0.717, 1.165) is 55.4 Å². The summed E-state index contributed by atoms with van der Waals surface area (Å²) >= 11 is 0. The van der Waals surface area contributed by atoms with Crippen LogP contribution in [0.4, 0.5) is 0 Å². The first-order valence-corrected chi connectivity index (χ1v) is 8.37. The zero-order chi connectivity index (χ0) is 17.2. The molecular weight excluding hydrogens is 352 g/mol. The number of aliphatic imine (C=N–C) groups is 1. The largest absolute Gasteiger partial charge is 0.379 e. The molecule has 0 bridgehead atoms. The highest BCUT2D eigenvalue weighted by atomic mass is 35.5. The van der Waals surface area contributed by atoms with E-state index in [1.54, 1.807) is 12.2 Å². The van der Waals surface area contributed by atoms with Crippen LogP contribution in [0, 0.1) is 11.3 Å². The number of nitrogens with zero attached hydrogens (tertiary/aromatic N) is 3. The molecule has 7 heteroatoms. The van der Waals surface area contributed by atoms with Crippen molar-refractivity contribution in [2.75, 3.05) is 32.8 Å². The van der Waals surface area contributed by atoms with Gasteiger partial charge in [0.15, 0.2) is 0 Å². The van der Waals surface area contributed by atoms with E-state index in [4.69, 9.17) is 10.00 Å². The summed E-state index contributed by atoms with van der Waals surface area (Å²) in [6.07, 6.45) is 9.97. The quantitative estimate of drug-likeness (QED) is 0.750. The maximum Gasteiger partial charge on any atom is 0.280 e. The number of halogens is 1. The summed E-state index contributed by atoms with van der Waals surface area (Å²) in [5, 5.41) is 12.3. The maximum absolute atomic E-state index is 12.3. The Morgan fingerprint density at radius 1 is 1.31 bits per heavy atom. The average molecular weight is 371 g/mol. The molecule has 1 aliphatic carbocycles. The van der Waals surface area contributed by atoms with E-state index >= 15 is 0 Å². The van der Waals surface area contributed by atoms with Crippen molar-refractivity contribution >= 4 is 24.0 Å². The first-order valence-electron chi connectivity index (χ1n) is 8.37. The van der Waals surface area contributed by atoms with Gasteiger partial charge in [-0.2, -0.15) is 5.26 Å². The second-order valence-electron chi connectivity index (χ2n) is 6.27. The first-order chi connectivity index (χ1) is 12.2. The smallest absolute Gasteiger partial charge is 0.280 e. The van der Waals surface area contributed by atoms with E-state index in [-0.39, 0.29) is 18.3 Å². The minimum absolute atomic E-state index is 0. The number of fused-ring (bicyclic) bond motifs is 1. The monoisotopic (exact) mass is 370 g/mol. The highest BCUT2D eigenvalue weighted by Crippen LogP contribution is 2.31. The van der Waals surface area contributed by atoms with Crippen LogP contribution in [0.25, 0.3) is 0 Å². The number of hydrogen-bond donors (Lipinski definition) is 1. The van der Waals surface area contributed by atoms with Crippen molar-refractivity contribution in [3.63, 3.8) is 0 Å². The topological polar surface area (TPSA) is 77.7 Å². The second-order valence-corrected chi connectivity index (χ2v) is 6.27. The highest BCUT2D eigenvalue weighted by molar-refractivity contribution is 6.26. The van der Waals surface area contributed by atoms with Gasteiger partial charge < -0.3 is 10.1 Å². The Labute approximate surface area is 158 Å². The van der Waals surface area contributed by atoms with E-state index in [1.807, 2.05) is 18.4 Å². The number of ether oxygens (including phenoxy) is 1. The number of dihydropyridines is 1. The van der Waals surface area contributed by atoms with Crippen molar-refractivity contribution in [1.29, 1.82) is 5.26 Å². The van der Waals surface area contributed by atoms with Crippen molar-refractivity contribution in [3.05, 3.63) is 58.5 Å². The van der Waals surface area contributed by atoms with Crippen LogP contribution >= 0.6 is 12.4 Å². The van der Waals surface area contributed by atoms with Gasteiger partial charge >= 0.3 is 0 Å². The van der Waals surface area contributed by atoms with Gasteiger partial charge in [0.05, 0.1) is 36.3 Å². The molecule has 0 aromatic rings. The standard InChI is InChI=1S/C19H18N4O2.ClH/c20-10-13-1-3-16-15(9-13)18(19(24)22-16)17-4-2-14(11-21-17)12-23-5-7-25-8-6-23;/h1-2,4,9,11,21H,3,5-8,12H2;1H/b18-17+;. The molecule has 0 aromatic heterocycles. The molecule has 3 aliphatic heterocycles. The lowest BCUT2D eigenvalue weighted by Gasteiger charge is -2.27. The van der Waals surface area contributed by atoms with Crippen molar-refractivity contribution < 1.29 is 9.53 Å². The van der Waals surface area contributed by atoms with Gasteiger partial charge in [-0.05, 0) is 17.7 Å². The fraction of sp³-hybridized carbons (Fsp3) is 0.316. The maximum atomic E-state index is 12.3. The Hall–Kier alpha value is -2.46. The van der Waals surface area contributed by atoms with Gasteiger partial charge in [0.25, 0.3) is 5.91 Å². The summed E-state index contributed by atoms with van der Waals surface area (Å²) < 4.78 is 5.37. The predicted molar refractivity (Wildman–Crippen MR) is 101 cm³/mol. The highest BCUT2D eigenvalue weighted by Gasteiger charge is 2.31. The Kier molecular flexibility index (Phi) is 5.52. The fourth-order valence-electron chi connectivity index (χ4n) is 3.30. The summed E-state index contributed by atoms with van der Waals surface area (Å²) in [5.41, 5.74) is 4.53. The van der Waals surface area contributed by atoms with Crippen LogP contribution in [0.3, 0.4) is 0 Å². The lowest BCUT2D eigenvalue weighted by Crippen LogP contribution is -2.37. The third-order valence-corrected chi connectivity index (χ3v) is 4.63. The Bertz CT molecular complexity index is 849. The lowest BCUT2D eigenvalue weighted by molar-refractivity contribution is -0.113. The lowest BCUT2D eigenvalue weighted by atomic mass is 9.92. The number of carbonyl (C=O) groups is 1. The molecule has 0 radical (unpaired) electrons. The molecule has 1 amide bonds. The third kappa shape index (κ3) is 3.56. The number of carbonyl (C=O) groups excluding carboxylic acids is 1. The van der Waals surface area contributed by atoms with E-state index < -0.39 is 0 Å². The van der Waals surface area contributed by atoms with Crippen LogP contribution in [0.15, 0.2) is 63.5 Å². The molecule has 1 saturated heterocycles. The molecule has 4 rings (SSSR count). The number of nitrogens with one attached hydrogen (secondary N) is 1. The summed E-state index contributed by atoms with van der Waals surface area (Å²) in [5.74, 6) is -0.244. The SMILES string of the molecule is Cl.N#CC1=CCC2=NC(=O)/C(=C3\C=CC(CN4CCOCC4)=CN3)C2=C1. The van der Waals surface area contributed by atoms with Crippen LogP contribution in [0.1, 0.15) is 6.42 Å². The number of amides is 1. The molecule has 6 nitrogen and oxygen atoms in total. The van der Waals surface area contributed by atoms with Crippen LogP contribution in [0.2, 0.25) is 0 Å². The Balaban J connectivity index is 0.00000196. The molecule has 0 saturated carbocycles. The average Bonchev–Trinajstić information content (AvgIpc) is 2.98.